The van der Waals surface area contributed by atoms with E-state index in [0.29, 0.717) is 16.5 Å². The highest BCUT2D eigenvalue weighted by molar-refractivity contribution is 7.80. The van der Waals surface area contributed by atoms with Crippen molar-refractivity contribution in [3.05, 3.63) is 59.1 Å². The van der Waals surface area contributed by atoms with Crippen LogP contribution in [0.4, 0.5) is 5.69 Å². The predicted molar refractivity (Wildman–Crippen MR) is 97.1 cm³/mol. The first kappa shape index (κ1) is 17.2. The summed E-state index contributed by atoms with van der Waals surface area (Å²) in [6.07, 6.45) is -0.668. The number of amides is 1. The number of ether oxygens (including phenoxy) is 1. The number of carbonyl (C=O) groups excluding carboxylic acids is 1. The van der Waals surface area contributed by atoms with Gasteiger partial charge in [0.2, 0.25) is 0 Å². The lowest BCUT2D eigenvalue weighted by Gasteiger charge is -2.16. The first-order valence-electron chi connectivity index (χ1n) is 7.05. The number of hydrogen-bond acceptors (Lipinski definition) is 3. The maximum atomic E-state index is 12.1. The van der Waals surface area contributed by atoms with E-state index in [9.17, 15) is 4.79 Å². The lowest BCUT2D eigenvalue weighted by atomic mass is 10.2. The molecule has 0 aliphatic rings. The molecule has 0 aliphatic heterocycles. The number of nitrogens with one attached hydrogen (secondary N) is 2. The van der Waals surface area contributed by atoms with Gasteiger partial charge in [-0.1, -0.05) is 35.9 Å². The molecule has 0 fully saturated rings. The first-order valence-corrected chi connectivity index (χ1v) is 7.84. The van der Waals surface area contributed by atoms with Gasteiger partial charge >= 0.3 is 0 Å². The third kappa shape index (κ3) is 5.23. The molecule has 1 atom stereocenters. The number of anilines is 1. The maximum Gasteiger partial charge on any atom is 0.266 e. The van der Waals surface area contributed by atoms with Crippen LogP contribution in [0.15, 0.2) is 48.5 Å². The number of hydrogen-bond donors (Lipinski definition) is 2. The lowest BCUT2D eigenvalue weighted by Crippen LogP contribution is -2.42. The van der Waals surface area contributed by atoms with Gasteiger partial charge < -0.3 is 10.1 Å². The van der Waals surface area contributed by atoms with Gasteiger partial charge in [-0.2, -0.15) is 0 Å². The Bertz CT molecular complexity index is 707. The van der Waals surface area contributed by atoms with Crippen molar-refractivity contribution in [2.75, 3.05) is 5.32 Å². The van der Waals surface area contributed by atoms with Crippen LogP contribution >= 0.6 is 23.8 Å². The zero-order valence-electron chi connectivity index (χ0n) is 12.8. The zero-order valence-corrected chi connectivity index (χ0v) is 14.4. The molecule has 0 saturated heterocycles. The Balaban J connectivity index is 1.88. The van der Waals surface area contributed by atoms with Crippen LogP contribution in [-0.2, 0) is 4.79 Å². The number of carbonyl (C=O) groups is 1. The van der Waals surface area contributed by atoms with E-state index in [1.165, 1.54) is 0 Å². The normalized spacial score (nSPS) is 11.4. The fraction of sp³-hybridized carbons (Fsp3) is 0.176. The number of halogens is 1. The molecule has 0 spiro atoms. The molecule has 2 rings (SSSR count). The molecule has 120 valence electrons. The molecule has 4 nitrogen and oxygen atoms in total. The number of aryl methyl sites for hydroxylation is 1. The topological polar surface area (TPSA) is 50.4 Å². The summed E-state index contributed by atoms with van der Waals surface area (Å²) in [6.45, 7) is 3.57. The summed E-state index contributed by atoms with van der Waals surface area (Å²) in [6, 6.07) is 14.6. The third-order valence-electron chi connectivity index (χ3n) is 3.09. The minimum absolute atomic E-state index is 0.193. The second-order valence-corrected chi connectivity index (χ2v) is 5.80. The molecule has 0 bridgehead atoms. The van der Waals surface area contributed by atoms with Gasteiger partial charge in [0.05, 0.1) is 0 Å². The average molecular weight is 349 g/mol. The molecule has 2 aromatic rings. The van der Waals surface area contributed by atoms with Crippen molar-refractivity contribution in [3.8, 4) is 5.75 Å². The SMILES string of the molecule is Cc1ccc(NC(=S)NC(=O)C(C)Oc2ccccc2)cc1Cl. The summed E-state index contributed by atoms with van der Waals surface area (Å²) in [7, 11) is 0. The van der Waals surface area contributed by atoms with Crippen LogP contribution in [-0.4, -0.2) is 17.1 Å². The van der Waals surface area contributed by atoms with E-state index in [1.807, 2.05) is 37.3 Å². The van der Waals surface area contributed by atoms with Crippen LogP contribution in [0.25, 0.3) is 0 Å². The average Bonchev–Trinajstić information content (AvgIpc) is 2.51. The Labute approximate surface area is 145 Å². The van der Waals surface area contributed by atoms with Crippen molar-refractivity contribution in [3.63, 3.8) is 0 Å². The van der Waals surface area contributed by atoms with Crippen LogP contribution in [0, 0.1) is 6.92 Å². The van der Waals surface area contributed by atoms with E-state index in [0.717, 1.165) is 5.56 Å². The van der Waals surface area contributed by atoms with Crippen molar-refractivity contribution in [1.29, 1.82) is 0 Å². The van der Waals surface area contributed by atoms with Crippen LogP contribution < -0.4 is 15.4 Å². The number of para-hydroxylation sites is 1. The quantitative estimate of drug-likeness (QED) is 0.822. The monoisotopic (exact) mass is 348 g/mol. The minimum atomic E-state index is -0.668. The second kappa shape index (κ2) is 7.94. The Morgan fingerprint density at radius 3 is 2.57 bits per heavy atom. The molecule has 0 saturated carbocycles. The highest BCUT2D eigenvalue weighted by Gasteiger charge is 2.16. The Hall–Kier alpha value is -2.11. The predicted octanol–water partition coefficient (Wildman–Crippen LogP) is 3.93. The molecule has 0 radical (unpaired) electrons. The largest absolute Gasteiger partial charge is 0.481 e. The van der Waals surface area contributed by atoms with Crippen molar-refractivity contribution >= 4 is 40.5 Å². The fourth-order valence-corrected chi connectivity index (χ4v) is 2.20. The first-order chi connectivity index (χ1) is 11.0. The molecule has 0 aromatic heterocycles. The number of thiocarbonyl (C=S) groups is 1. The van der Waals surface area contributed by atoms with E-state index in [-0.39, 0.29) is 11.0 Å². The second-order valence-electron chi connectivity index (χ2n) is 4.98. The molecular weight excluding hydrogens is 332 g/mol. The van der Waals surface area contributed by atoms with Crippen molar-refractivity contribution in [1.82, 2.24) is 5.32 Å². The van der Waals surface area contributed by atoms with Crippen LogP contribution in [0.5, 0.6) is 5.75 Å². The smallest absolute Gasteiger partial charge is 0.266 e. The fourth-order valence-electron chi connectivity index (χ4n) is 1.80. The van der Waals surface area contributed by atoms with Gasteiger partial charge in [0, 0.05) is 10.7 Å². The van der Waals surface area contributed by atoms with Crippen LogP contribution in [0.1, 0.15) is 12.5 Å². The molecular formula is C17H17ClN2O2S. The molecule has 1 amide bonds. The molecule has 6 heteroatoms. The molecule has 0 aliphatic carbocycles. The molecule has 2 aromatic carbocycles. The minimum Gasteiger partial charge on any atom is -0.481 e. The Kier molecular flexibility index (Phi) is 5.96. The summed E-state index contributed by atoms with van der Waals surface area (Å²) in [5.41, 5.74) is 1.68. The maximum absolute atomic E-state index is 12.1. The zero-order chi connectivity index (χ0) is 16.8. The molecule has 2 N–H and O–H groups in total. The number of rotatable bonds is 4. The van der Waals surface area contributed by atoms with Crippen molar-refractivity contribution < 1.29 is 9.53 Å². The van der Waals surface area contributed by atoms with Crippen LogP contribution in [0.3, 0.4) is 0 Å². The standard InChI is InChI=1S/C17H17ClN2O2S/c1-11-8-9-13(10-15(11)18)19-17(23)20-16(21)12(2)22-14-6-4-3-5-7-14/h3-10,12H,1-2H3,(H2,19,20,21,23). The molecule has 1 unspecified atom stereocenters. The van der Waals surface area contributed by atoms with Gasteiger partial charge in [-0.25, -0.2) is 0 Å². The van der Waals surface area contributed by atoms with Gasteiger partial charge in [-0.05, 0) is 55.9 Å². The van der Waals surface area contributed by atoms with E-state index < -0.39 is 6.10 Å². The van der Waals surface area contributed by atoms with E-state index in [2.05, 4.69) is 10.6 Å². The summed E-state index contributed by atoms with van der Waals surface area (Å²) < 4.78 is 5.54. The molecule has 0 heterocycles. The van der Waals surface area contributed by atoms with Crippen molar-refractivity contribution in [2.24, 2.45) is 0 Å². The Morgan fingerprint density at radius 2 is 1.91 bits per heavy atom. The van der Waals surface area contributed by atoms with Gasteiger partial charge in [-0.15, -0.1) is 0 Å². The van der Waals surface area contributed by atoms with Gasteiger partial charge in [0.1, 0.15) is 5.75 Å². The summed E-state index contributed by atoms with van der Waals surface area (Å²) in [4.78, 5) is 12.1. The number of benzene rings is 2. The van der Waals surface area contributed by atoms with E-state index in [1.54, 1.807) is 25.1 Å². The summed E-state index contributed by atoms with van der Waals surface area (Å²) >= 11 is 11.2. The van der Waals surface area contributed by atoms with E-state index >= 15 is 0 Å². The van der Waals surface area contributed by atoms with Gasteiger partial charge in [-0.3, -0.25) is 10.1 Å². The Morgan fingerprint density at radius 1 is 1.22 bits per heavy atom. The van der Waals surface area contributed by atoms with Gasteiger partial charge in [0.15, 0.2) is 11.2 Å². The molecule has 23 heavy (non-hydrogen) atoms. The van der Waals surface area contributed by atoms with Gasteiger partial charge in [0.25, 0.3) is 5.91 Å². The van der Waals surface area contributed by atoms with E-state index in [4.69, 9.17) is 28.6 Å². The third-order valence-corrected chi connectivity index (χ3v) is 3.70. The summed E-state index contributed by atoms with van der Waals surface area (Å²) in [5.74, 6) is 0.295. The highest BCUT2D eigenvalue weighted by Crippen LogP contribution is 2.19. The highest BCUT2D eigenvalue weighted by atomic mass is 35.5. The van der Waals surface area contributed by atoms with Crippen molar-refractivity contribution in [2.45, 2.75) is 20.0 Å². The van der Waals surface area contributed by atoms with Crippen LogP contribution in [0.2, 0.25) is 5.02 Å². The summed E-state index contributed by atoms with van der Waals surface area (Å²) in [5, 5.41) is 6.34. The lowest BCUT2D eigenvalue weighted by molar-refractivity contribution is -0.125.